The van der Waals surface area contributed by atoms with Gasteiger partial charge in [-0.05, 0) is 36.4 Å². The number of Topliss-reactive ketones (excluding diaryl/α,β-unsaturated/α-hetero) is 1. The normalized spacial score (nSPS) is 11.0. The van der Waals surface area contributed by atoms with Crippen LogP contribution in [0.2, 0.25) is 0 Å². The summed E-state index contributed by atoms with van der Waals surface area (Å²) >= 11 is 0. The van der Waals surface area contributed by atoms with E-state index in [4.69, 9.17) is 4.74 Å². The third-order valence-corrected chi connectivity index (χ3v) is 3.60. The van der Waals surface area contributed by atoms with Gasteiger partial charge in [0.2, 0.25) is 5.91 Å². The molecule has 0 saturated carbocycles. The highest BCUT2D eigenvalue weighted by atomic mass is 19.4. The third kappa shape index (κ3) is 5.40. The van der Waals surface area contributed by atoms with Crippen LogP contribution in [0.5, 0.6) is 0 Å². The second-order valence-corrected chi connectivity index (χ2v) is 5.52. The Morgan fingerprint density at radius 2 is 1.63 bits per heavy atom. The lowest BCUT2D eigenvalue weighted by atomic mass is 10.1. The van der Waals surface area contributed by atoms with E-state index in [1.54, 1.807) is 6.92 Å². The number of esters is 1. The van der Waals surface area contributed by atoms with E-state index in [0.717, 1.165) is 18.2 Å². The molecule has 0 aromatic heterocycles. The zero-order valence-corrected chi connectivity index (χ0v) is 14.3. The predicted octanol–water partition coefficient (Wildman–Crippen LogP) is 4.09. The summed E-state index contributed by atoms with van der Waals surface area (Å²) in [6, 6.07) is 10.0. The van der Waals surface area contributed by atoms with Crippen molar-refractivity contribution in [2.45, 2.75) is 19.5 Å². The second kappa shape index (κ2) is 8.48. The van der Waals surface area contributed by atoms with Crippen molar-refractivity contribution >= 4 is 23.3 Å². The molecule has 1 N–H and O–H groups in total. The number of hydrogen-bond donors (Lipinski definition) is 1. The number of hydrogen-bond acceptors (Lipinski definition) is 4. The minimum absolute atomic E-state index is 0.189. The lowest BCUT2D eigenvalue weighted by Crippen LogP contribution is -2.18. The van der Waals surface area contributed by atoms with Crippen LogP contribution in [0, 0.1) is 0 Å². The van der Waals surface area contributed by atoms with Crippen LogP contribution < -0.4 is 5.32 Å². The maximum absolute atomic E-state index is 12.9. The molecule has 27 heavy (non-hydrogen) atoms. The van der Waals surface area contributed by atoms with E-state index in [9.17, 15) is 27.6 Å². The van der Waals surface area contributed by atoms with Gasteiger partial charge in [0.05, 0.1) is 11.1 Å². The van der Waals surface area contributed by atoms with E-state index in [1.165, 1.54) is 30.3 Å². The van der Waals surface area contributed by atoms with Crippen LogP contribution >= 0.6 is 0 Å². The molecule has 2 rings (SSSR count). The molecule has 0 aliphatic carbocycles. The van der Waals surface area contributed by atoms with Crippen LogP contribution in [0.25, 0.3) is 0 Å². The molecule has 5 nitrogen and oxygen atoms in total. The maximum Gasteiger partial charge on any atom is 0.417 e. The summed E-state index contributed by atoms with van der Waals surface area (Å²) in [4.78, 5) is 35.3. The first-order chi connectivity index (χ1) is 12.7. The van der Waals surface area contributed by atoms with E-state index in [-0.39, 0.29) is 11.5 Å². The Hall–Kier alpha value is -3.16. The summed E-state index contributed by atoms with van der Waals surface area (Å²) in [5.74, 6) is -2.00. The molecule has 2 aromatic rings. The summed E-state index contributed by atoms with van der Waals surface area (Å²) in [5, 5.41) is 2.61. The van der Waals surface area contributed by atoms with Gasteiger partial charge in [-0.25, -0.2) is 4.79 Å². The van der Waals surface area contributed by atoms with Gasteiger partial charge in [-0.15, -0.1) is 0 Å². The Balaban J connectivity index is 2.02. The number of ether oxygens (including phenoxy) is 1. The predicted molar refractivity (Wildman–Crippen MR) is 91.4 cm³/mol. The average molecular weight is 379 g/mol. The first kappa shape index (κ1) is 20.2. The quantitative estimate of drug-likeness (QED) is 0.606. The molecule has 0 aliphatic heterocycles. The molecule has 0 fully saturated rings. The number of benzene rings is 2. The lowest BCUT2D eigenvalue weighted by molar-refractivity contribution is -0.138. The number of halogens is 3. The van der Waals surface area contributed by atoms with Crippen molar-refractivity contribution in [2.24, 2.45) is 0 Å². The smallest absolute Gasteiger partial charge is 0.417 e. The number of rotatable bonds is 6. The summed E-state index contributed by atoms with van der Waals surface area (Å²) in [6.07, 6.45) is -4.41. The molecule has 0 bridgehead atoms. The molecule has 0 unspecified atom stereocenters. The Morgan fingerprint density at radius 3 is 2.22 bits per heavy atom. The maximum atomic E-state index is 12.9. The highest BCUT2D eigenvalue weighted by Crippen LogP contribution is 2.32. The van der Waals surface area contributed by atoms with Gasteiger partial charge in [-0.3, -0.25) is 9.59 Å². The number of nitrogens with one attached hydrogen (secondary N) is 1. The Kier molecular flexibility index (Phi) is 6.33. The van der Waals surface area contributed by atoms with Crippen LogP contribution in [0.4, 0.5) is 18.9 Å². The number of carbonyl (C=O) groups excluding carboxylic acids is 3. The van der Waals surface area contributed by atoms with Crippen molar-refractivity contribution < 1.29 is 32.3 Å². The molecular formula is C19H16F3NO4. The number of carbonyl (C=O) groups is 3. The van der Waals surface area contributed by atoms with Crippen LogP contribution in [-0.4, -0.2) is 24.3 Å². The minimum atomic E-state index is -4.71. The molecular weight excluding hydrogens is 363 g/mol. The lowest BCUT2D eigenvalue weighted by Gasteiger charge is -2.12. The fourth-order valence-corrected chi connectivity index (χ4v) is 2.19. The van der Waals surface area contributed by atoms with Crippen molar-refractivity contribution in [1.82, 2.24) is 0 Å². The van der Waals surface area contributed by atoms with Crippen molar-refractivity contribution in [2.75, 3.05) is 11.9 Å². The standard InChI is InChI=1S/C19H16F3NO4/c1-2-17(25)23-13-9-7-12(8-10-13)16(24)11-27-18(26)14-5-3-4-6-15(14)19(20,21)22/h3-10H,2,11H2,1H3,(H,23,25). The summed E-state index contributed by atoms with van der Waals surface area (Å²) in [5.41, 5.74) is -1.09. The average Bonchev–Trinajstić information content (AvgIpc) is 2.65. The zero-order chi connectivity index (χ0) is 20.0. The number of amides is 1. The topological polar surface area (TPSA) is 72.5 Å². The van der Waals surface area contributed by atoms with Gasteiger partial charge in [-0.2, -0.15) is 13.2 Å². The zero-order valence-electron chi connectivity index (χ0n) is 14.3. The third-order valence-electron chi connectivity index (χ3n) is 3.60. The van der Waals surface area contributed by atoms with Gasteiger partial charge >= 0.3 is 12.1 Å². The van der Waals surface area contributed by atoms with Gasteiger partial charge in [0.15, 0.2) is 12.4 Å². The summed E-state index contributed by atoms with van der Waals surface area (Å²) < 4.78 is 43.5. The van der Waals surface area contributed by atoms with Gasteiger partial charge < -0.3 is 10.1 Å². The highest BCUT2D eigenvalue weighted by Gasteiger charge is 2.35. The number of anilines is 1. The Morgan fingerprint density at radius 1 is 1.00 bits per heavy atom. The highest BCUT2D eigenvalue weighted by molar-refractivity contribution is 6.00. The first-order valence-electron chi connectivity index (χ1n) is 7.99. The molecule has 2 aromatic carbocycles. The van der Waals surface area contributed by atoms with Gasteiger partial charge in [0, 0.05) is 17.7 Å². The minimum Gasteiger partial charge on any atom is -0.454 e. The van der Waals surface area contributed by atoms with Crippen molar-refractivity contribution in [1.29, 1.82) is 0 Å². The van der Waals surface area contributed by atoms with Crippen LogP contribution in [-0.2, 0) is 15.7 Å². The van der Waals surface area contributed by atoms with Crippen LogP contribution in [0.15, 0.2) is 48.5 Å². The molecule has 142 valence electrons. The summed E-state index contributed by atoms with van der Waals surface area (Å²) in [7, 11) is 0. The van der Waals surface area contributed by atoms with E-state index in [2.05, 4.69) is 5.32 Å². The Labute approximate surface area is 153 Å². The van der Waals surface area contributed by atoms with E-state index in [0.29, 0.717) is 12.1 Å². The van der Waals surface area contributed by atoms with Gasteiger partial charge in [-0.1, -0.05) is 19.1 Å². The van der Waals surface area contributed by atoms with Gasteiger partial charge in [0.1, 0.15) is 0 Å². The van der Waals surface area contributed by atoms with E-state index >= 15 is 0 Å². The van der Waals surface area contributed by atoms with Crippen LogP contribution in [0.1, 0.15) is 39.6 Å². The molecule has 1 amide bonds. The van der Waals surface area contributed by atoms with E-state index < -0.39 is 35.7 Å². The molecule has 0 spiro atoms. The van der Waals surface area contributed by atoms with Crippen molar-refractivity contribution in [3.05, 3.63) is 65.2 Å². The van der Waals surface area contributed by atoms with Crippen molar-refractivity contribution in [3.8, 4) is 0 Å². The van der Waals surface area contributed by atoms with E-state index in [1.807, 2.05) is 0 Å². The first-order valence-corrected chi connectivity index (χ1v) is 7.99. The molecule has 0 aliphatic rings. The van der Waals surface area contributed by atoms with Crippen molar-refractivity contribution in [3.63, 3.8) is 0 Å². The Bertz CT molecular complexity index is 845. The number of alkyl halides is 3. The molecule has 8 heteroatoms. The second-order valence-electron chi connectivity index (χ2n) is 5.52. The fraction of sp³-hybridized carbons (Fsp3) is 0.211. The summed E-state index contributed by atoms with van der Waals surface area (Å²) in [6.45, 7) is 0.990. The monoisotopic (exact) mass is 379 g/mol. The molecule has 0 atom stereocenters. The molecule has 0 radical (unpaired) electrons. The number of ketones is 1. The molecule has 0 heterocycles. The fourth-order valence-electron chi connectivity index (χ4n) is 2.19. The SMILES string of the molecule is CCC(=O)Nc1ccc(C(=O)COC(=O)c2ccccc2C(F)(F)F)cc1. The van der Waals surface area contributed by atoms with Crippen LogP contribution in [0.3, 0.4) is 0 Å². The largest absolute Gasteiger partial charge is 0.454 e. The van der Waals surface area contributed by atoms with Gasteiger partial charge in [0.25, 0.3) is 0 Å². The molecule has 0 saturated heterocycles.